The zero-order chi connectivity index (χ0) is 15.2. The second-order valence-corrected chi connectivity index (χ2v) is 5.34. The summed E-state index contributed by atoms with van der Waals surface area (Å²) in [6.45, 7) is 3.57. The minimum absolute atomic E-state index is 0.0768. The third kappa shape index (κ3) is 3.99. The first kappa shape index (κ1) is 14.9. The van der Waals surface area contributed by atoms with Crippen LogP contribution in [0.5, 0.6) is 5.75 Å². The summed E-state index contributed by atoms with van der Waals surface area (Å²) in [5.41, 5.74) is 0.704. The fraction of sp³-hybridized carbons (Fsp3) is 0.375. The summed E-state index contributed by atoms with van der Waals surface area (Å²) in [5.74, 6) is 0.522. The van der Waals surface area contributed by atoms with Crippen molar-refractivity contribution in [3.8, 4) is 11.8 Å². The van der Waals surface area contributed by atoms with Crippen LogP contribution in [0, 0.1) is 17.2 Å². The average molecular weight is 285 g/mol. The number of benzene rings is 1. The molecule has 110 valence electrons. The standard InChI is InChI=1S/C16H19N3O2/c1-12-5-7-19(8-6-12)16(21)13(10-17)11-18-14-3-2-4-15(20)9-14/h2-4,9,11-12,18,20H,5-8H2,1H3/b13-11-. The van der Waals surface area contributed by atoms with Gasteiger partial charge in [0.2, 0.25) is 0 Å². The van der Waals surface area contributed by atoms with Crippen LogP contribution in [-0.4, -0.2) is 29.0 Å². The highest BCUT2D eigenvalue weighted by Gasteiger charge is 2.22. The normalized spacial score (nSPS) is 16.4. The van der Waals surface area contributed by atoms with Crippen LogP contribution in [0.4, 0.5) is 5.69 Å². The van der Waals surface area contributed by atoms with Gasteiger partial charge in [0.05, 0.1) is 0 Å². The van der Waals surface area contributed by atoms with Gasteiger partial charge in [0.1, 0.15) is 17.4 Å². The minimum atomic E-state index is -0.239. The number of rotatable bonds is 3. The number of likely N-dealkylation sites (tertiary alicyclic amines) is 1. The fourth-order valence-electron chi connectivity index (χ4n) is 2.28. The van der Waals surface area contributed by atoms with Crippen LogP contribution in [0.15, 0.2) is 36.0 Å². The molecule has 0 radical (unpaired) electrons. The predicted molar refractivity (Wildman–Crippen MR) is 80.4 cm³/mol. The Morgan fingerprint density at radius 1 is 1.48 bits per heavy atom. The number of nitrogens with zero attached hydrogens (tertiary/aromatic N) is 2. The highest BCUT2D eigenvalue weighted by atomic mass is 16.3. The fourth-order valence-corrected chi connectivity index (χ4v) is 2.28. The van der Waals surface area contributed by atoms with Crippen molar-refractivity contribution in [2.75, 3.05) is 18.4 Å². The lowest BCUT2D eigenvalue weighted by Crippen LogP contribution is -2.38. The van der Waals surface area contributed by atoms with Gasteiger partial charge in [-0.25, -0.2) is 0 Å². The second-order valence-electron chi connectivity index (χ2n) is 5.34. The lowest BCUT2D eigenvalue weighted by atomic mass is 9.99. The first-order chi connectivity index (χ1) is 10.1. The highest BCUT2D eigenvalue weighted by Crippen LogP contribution is 2.18. The molecule has 1 aliphatic rings. The molecule has 5 heteroatoms. The van der Waals surface area contributed by atoms with E-state index in [0.717, 1.165) is 12.8 Å². The van der Waals surface area contributed by atoms with Gasteiger partial charge in [0, 0.05) is 31.0 Å². The molecule has 0 bridgehead atoms. The van der Waals surface area contributed by atoms with Gasteiger partial charge < -0.3 is 15.3 Å². The van der Waals surface area contributed by atoms with Crippen molar-refractivity contribution in [1.82, 2.24) is 4.90 Å². The Morgan fingerprint density at radius 3 is 2.81 bits per heavy atom. The summed E-state index contributed by atoms with van der Waals surface area (Å²) in [6, 6.07) is 8.46. The number of piperidine rings is 1. The quantitative estimate of drug-likeness (QED) is 0.660. The molecule has 0 atom stereocenters. The van der Waals surface area contributed by atoms with E-state index in [1.54, 1.807) is 23.1 Å². The maximum absolute atomic E-state index is 12.3. The molecule has 0 aliphatic carbocycles. The number of nitrogens with one attached hydrogen (secondary N) is 1. The summed E-state index contributed by atoms with van der Waals surface area (Å²) in [4.78, 5) is 14.0. The van der Waals surface area contributed by atoms with E-state index in [-0.39, 0.29) is 17.2 Å². The van der Waals surface area contributed by atoms with Crippen LogP contribution in [0.2, 0.25) is 0 Å². The van der Waals surface area contributed by atoms with Gasteiger partial charge in [0.15, 0.2) is 0 Å². The van der Waals surface area contributed by atoms with Crippen molar-refractivity contribution in [2.24, 2.45) is 5.92 Å². The molecule has 0 aromatic heterocycles. The molecule has 21 heavy (non-hydrogen) atoms. The number of carbonyl (C=O) groups excluding carboxylic acids is 1. The first-order valence-corrected chi connectivity index (χ1v) is 7.05. The Morgan fingerprint density at radius 2 is 2.19 bits per heavy atom. The van der Waals surface area contributed by atoms with E-state index in [4.69, 9.17) is 5.26 Å². The Kier molecular flexibility index (Phi) is 4.83. The third-order valence-corrected chi connectivity index (χ3v) is 3.65. The number of amides is 1. The molecule has 1 amide bonds. The monoisotopic (exact) mass is 285 g/mol. The van der Waals surface area contributed by atoms with Gasteiger partial charge in [-0.15, -0.1) is 0 Å². The number of hydrogen-bond acceptors (Lipinski definition) is 4. The topological polar surface area (TPSA) is 76.4 Å². The van der Waals surface area contributed by atoms with E-state index in [1.165, 1.54) is 12.3 Å². The van der Waals surface area contributed by atoms with Crippen molar-refractivity contribution in [3.05, 3.63) is 36.0 Å². The van der Waals surface area contributed by atoms with Crippen LogP contribution >= 0.6 is 0 Å². The zero-order valence-corrected chi connectivity index (χ0v) is 12.0. The summed E-state index contributed by atoms with van der Waals surface area (Å²) in [6.07, 6.45) is 3.35. The summed E-state index contributed by atoms with van der Waals surface area (Å²) >= 11 is 0. The van der Waals surface area contributed by atoms with Crippen LogP contribution < -0.4 is 5.32 Å². The molecule has 0 unspecified atom stereocenters. The lowest BCUT2D eigenvalue weighted by Gasteiger charge is -2.30. The second kappa shape index (κ2) is 6.80. The Labute approximate surface area is 124 Å². The van der Waals surface area contributed by atoms with Crippen LogP contribution in [-0.2, 0) is 4.79 Å². The number of hydrogen-bond donors (Lipinski definition) is 2. The number of aromatic hydroxyl groups is 1. The first-order valence-electron chi connectivity index (χ1n) is 7.05. The van der Waals surface area contributed by atoms with E-state index in [9.17, 15) is 9.90 Å². The molecular weight excluding hydrogens is 266 g/mol. The molecule has 1 heterocycles. The number of phenolic OH excluding ortho intramolecular Hbond substituents is 1. The predicted octanol–water partition coefficient (Wildman–Crippen LogP) is 2.47. The molecule has 2 rings (SSSR count). The smallest absolute Gasteiger partial charge is 0.266 e. The van der Waals surface area contributed by atoms with E-state index < -0.39 is 0 Å². The Balaban J connectivity index is 2.03. The molecule has 0 spiro atoms. The average Bonchev–Trinajstić information content (AvgIpc) is 2.48. The maximum Gasteiger partial charge on any atom is 0.266 e. The summed E-state index contributed by atoms with van der Waals surface area (Å²) < 4.78 is 0. The molecule has 1 aromatic carbocycles. The maximum atomic E-state index is 12.3. The molecule has 2 N–H and O–H groups in total. The molecule has 1 fully saturated rings. The molecule has 1 aliphatic heterocycles. The van der Waals surface area contributed by atoms with E-state index in [0.29, 0.717) is 24.7 Å². The van der Waals surface area contributed by atoms with E-state index in [1.807, 2.05) is 6.07 Å². The van der Waals surface area contributed by atoms with Crippen LogP contribution in [0.3, 0.4) is 0 Å². The highest BCUT2D eigenvalue weighted by molar-refractivity contribution is 5.97. The lowest BCUT2D eigenvalue weighted by molar-refractivity contribution is -0.128. The molecule has 0 saturated carbocycles. The third-order valence-electron chi connectivity index (χ3n) is 3.65. The van der Waals surface area contributed by atoms with Gasteiger partial charge in [-0.05, 0) is 30.9 Å². The molecule has 5 nitrogen and oxygen atoms in total. The van der Waals surface area contributed by atoms with Crippen molar-refractivity contribution >= 4 is 11.6 Å². The van der Waals surface area contributed by atoms with Crippen molar-refractivity contribution < 1.29 is 9.90 Å². The molecular formula is C16H19N3O2. The Hall–Kier alpha value is -2.48. The number of carbonyl (C=O) groups is 1. The Bertz CT molecular complexity index is 581. The van der Waals surface area contributed by atoms with Crippen molar-refractivity contribution in [1.29, 1.82) is 5.26 Å². The van der Waals surface area contributed by atoms with Gasteiger partial charge >= 0.3 is 0 Å². The van der Waals surface area contributed by atoms with Gasteiger partial charge in [-0.2, -0.15) is 5.26 Å². The number of phenols is 1. The largest absolute Gasteiger partial charge is 0.508 e. The van der Waals surface area contributed by atoms with Gasteiger partial charge in [0.25, 0.3) is 5.91 Å². The zero-order valence-electron chi connectivity index (χ0n) is 12.0. The van der Waals surface area contributed by atoms with Crippen LogP contribution in [0.25, 0.3) is 0 Å². The van der Waals surface area contributed by atoms with Crippen molar-refractivity contribution in [3.63, 3.8) is 0 Å². The summed E-state index contributed by atoms with van der Waals surface area (Å²) in [5, 5.41) is 21.4. The summed E-state index contributed by atoms with van der Waals surface area (Å²) in [7, 11) is 0. The van der Waals surface area contributed by atoms with E-state index in [2.05, 4.69) is 12.2 Å². The van der Waals surface area contributed by atoms with Gasteiger partial charge in [-0.1, -0.05) is 13.0 Å². The van der Waals surface area contributed by atoms with Crippen LogP contribution in [0.1, 0.15) is 19.8 Å². The van der Waals surface area contributed by atoms with E-state index >= 15 is 0 Å². The number of anilines is 1. The van der Waals surface area contributed by atoms with Crippen molar-refractivity contribution in [2.45, 2.75) is 19.8 Å². The minimum Gasteiger partial charge on any atom is -0.508 e. The van der Waals surface area contributed by atoms with Gasteiger partial charge in [-0.3, -0.25) is 4.79 Å². The molecule has 1 aromatic rings. The SMILES string of the molecule is CC1CCN(C(=O)/C(C#N)=C\Nc2cccc(O)c2)CC1. The molecule has 1 saturated heterocycles. The number of nitriles is 1.